The van der Waals surface area contributed by atoms with Gasteiger partial charge in [0, 0.05) is 10.9 Å². The molecule has 6 heteroatoms. The third-order valence-corrected chi connectivity index (χ3v) is 4.11. The highest BCUT2D eigenvalue weighted by molar-refractivity contribution is 6.58. The minimum Gasteiger partial charge on any atom is -0.494 e. The lowest BCUT2D eigenvalue weighted by atomic mass is 10.0. The molecule has 0 atom stereocenters. The second kappa shape index (κ2) is 5.14. The minimum absolute atomic E-state index is 0.00320. The summed E-state index contributed by atoms with van der Waals surface area (Å²) in [5, 5.41) is 15.8. The average Bonchev–Trinajstić information content (AvgIpc) is 3.06. The smallest absolute Gasteiger partial charge is 0.199 e. The van der Waals surface area contributed by atoms with Gasteiger partial charge in [0.2, 0.25) is 0 Å². The SMILES string of the molecule is CON=C1C(c2c(O)[nH]c3c(Cl)cccc23)=Nc2ccccc21. The van der Waals surface area contributed by atoms with Crippen molar-refractivity contribution in [2.24, 2.45) is 10.1 Å². The average molecular weight is 326 g/mol. The van der Waals surface area contributed by atoms with Gasteiger partial charge in [-0.2, -0.15) is 0 Å². The van der Waals surface area contributed by atoms with E-state index < -0.39 is 0 Å². The van der Waals surface area contributed by atoms with Crippen LogP contribution in [0.5, 0.6) is 5.88 Å². The van der Waals surface area contributed by atoms with Crippen molar-refractivity contribution in [1.29, 1.82) is 0 Å². The topological polar surface area (TPSA) is 70.0 Å². The summed E-state index contributed by atoms with van der Waals surface area (Å²) >= 11 is 6.20. The highest BCUT2D eigenvalue weighted by Crippen LogP contribution is 2.37. The number of nitrogens with zero attached hydrogens (tertiary/aromatic N) is 2. The fourth-order valence-corrected chi connectivity index (χ4v) is 3.06. The molecule has 0 unspecified atom stereocenters. The lowest BCUT2D eigenvalue weighted by molar-refractivity contribution is 0.214. The number of oxime groups is 1. The quantitative estimate of drug-likeness (QED) is 0.699. The van der Waals surface area contributed by atoms with Crippen molar-refractivity contribution in [1.82, 2.24) is 4.98 Å². The molecular formula is C17H12ClN3O2. The monoisotopic (exact) mass is 325 g/mol. The molecule has 2 aromatic carbocycles. The highest BCUT2D eigenvalue weighted by atomic mass is 35.5. The predicted octanol–water partition coefficient (Wildman–Crippen LogP) is 4.01. The molecule has 1 aliphatic heterocycles. The normalized spacial score (nSPS) is 15.0. The van der Waals surface area contributed by atoms with Crippen molar-refractivity contribution in [3.05, 3.63) is 58.6 Å². The third-order valence-electron chi connectivity index (χ3n) is 3.80. The summed E-state index contributed by atoms with van der Waals surface area (Å²) in [6, 6.07) is 13.1. The molecule has 5 nitrogen and oxygen atoms in total. The van der Waals surface area contributed by atoms with Crippen LogP contribution in [0.4, 0.5) is 5.69 Å². The van der Waals surface area contributed by atoms with Crippen LogP contribution in [-0.4, -0.2) is 28.6 Å². The zero-order valence-corrected chi connectivity index (χ0v) is 12.9. The number of hydrogen-bond acceptors (Lipinski definition) is 4. The van der Waals surface area contributed by atoms with E-state index in [0.717, 1.165) is 16.6 Å². The molecule has 0 saturated heterocycles. The van der Waals surface area contributed by atoms with E-state index in [1.807, 2.05) is 36.4 Å². The largest absolute Gasteiger partial charge is 0.494 e. The van der Waals surface area contributed by atoms with Crippen molar-refractivity contribution in [3.63, 3.8) is 0 Å². The summed E-state index contributed by atoms with van der Waals surface area (Å²) in [4.78, 5) is 12.5. The van der Waals surface area contributed by atoms with Crippen LogP contribution in [0.1, 0.15) is 11.1 Å². The van der Waals surface area contributed by atoms with Crippen molar-refractivity contribution in [2.75, 3.05) is 7.11 Å². The molecule has 2 heterocycles. The molecule has 2 N–H and O–H groups in total. The highest BCUT2D eigenvalue weighted by Gasteiger charge is 2.29. The van der Waals surface area contributed by atoms with Crippen LogP contribution >= 0.6 is 11.6 Å². The minimum atomic E-state index is 0.00320. The van der Waals surface area contributed by atoms with Crippen LogP contribution in [0.3, 0.4) is 0 Å². The molecule has 0 fully saturated rings. The van der Waals surface area contributed by atoms with Crippen molar-refractivity contribution in [3.8, 4) is 5.88 Å². The number of fused-ring (bicyclic) bond motifs is 2. The Morgan fingerprint density at radius 2 is 2.00 bits per heavy atom. The molecule has 1 aromatic heterocycles. The summed E-state index contributed by atoms with van der Waals surface area (Å²) in [7, 11) is 1.48. The van der Waals surface area contributed by atoms with Gasteiger partial charge in [0.25, 0.3) is 0 Å². The Bertz CT molecular complexity index is 989. The van der Waals surface area contributed by atoms with Crippen LogP contribution < -0.4 is 0 Å². The summed E-state index contributed by atoms with van der Waals surface area (Å²) in [6.07, 6.45) is 0. The molecule has 3 aromatic rings. The maximum Gasteiger partial charge on any atom is 0.199 e. The van der Waals surface area contributed by atoms with Gasteiger partial charge in [-0.1, -0.05) is 47.1 Å². The van der Waals surface area contributed by atoms with Gasteiger partial charge < -0.3 is 14.9 Å². The Kier molecular flexibility index (Phi) is 3.09. The molecule has 23 heavy (non-hydrogen) atoms. The Balaban J connectivity index is 2.00. The summed E-state index contributed by atoms with van der Waals surface area (Å²) in [5.74, 6) is 0.00320. The van der Waals surface area contributed by atoms with E-state index in [-0.39, 0.29) is 5.88 Å². The number of aromatic hydroxyl groups is 1. The standard InChI is InChI=1S/C17H12ClN3O2/c1-23-21-15-9-5-2-3-8-12(9)19-16(15)13-10-6-4-7-11(18)14(10)20-17(13)22/h2-8,20,22H,1H3. The number of para-hydroxylation sites is 2. The maximum atomic E-state index is 10.4. The maximum absolute atomic E-state index is 10.4. The number of H-pyrrole nitrogens is 1. The number of hydrogen-bond donors (Lipinski definition) is 2. The molecule has 0 radical (unpaired) electrons. The van der Waals surface area contributed by atoms with Crippen LogP contribution in [0.25, 0.3) is 10.9 Å². The first-order valence-electron chi connectivity index (χ1n) is 7.00. The summed E-state index contributed by atoms with van der Waals surface area (Å²) < 4.78 is 0. The number of halogens is 1. The molecule has 0 bridgehead atoms. The van der Waals surface area contributed by atoms with Gasteiger partial charge in [-0.05, 0) is 12.1 Å². The lowest BCUT2D eigenvalue weighted by Crippen LogP contribution is -2.13. The second-order valence-electron chi connectivity index (χ2n) is 5.11. The van der Waals surface area contributed by atoms with Gasteiger partial charge in [-0.15, -0.1) is 0 Å². The van der Waals surface area contributed by atoms with Gasteiger partial charge in [0.05, 0.1) is 21.8 Å². The number of aliphatic imine (C=N–C) groups is 1. The number of aromatic amines is 1. The van der Waals surface area contributed by atoms with Crippen molar-refractivity contribution < 1.29 is 9.94 Å². The Hall–Kier alpha value is -2.79. The van der Waals surface area contributed by atoms with E-state index in [9.17, 15) is 5.11 Å². The number of nitrogens with one attached hydrogen (secondary N) is 1. The van der Waals surface area contributed by atoms with E-state index in [1.165, 1.54) is 7.11 Å². The van der Waals surface area contributed by atoms with Crippen LogP contribution in [0.15, 0.2) is 52.6 Å². The van der Waals surface area contributed by atoms with E-state index >= 15 is 0 Å². The van der Waals surface area contributed by atoms with E-state index in [1.54, 1.807) is 6.07 Å². The molecular weight excluding hydrogens is 314 g/mol. The van der Waals surface area contributed by atoms with Crippen LogP contribution in [0.2, 0.25) is 5.02 Å². The van der Waals surface area contributed by atoms with Gasteiger partial charge in [0.1, 0.15) is 18.5 Å². The number of rotatable bonds is 2. The first-order chi connectivity index (χ1) is 11.2. The zero-order valence-electron chi connectivity index (χ0n) is 12.2. The lowest BCUT2D eigenvalue weighted by Gasteiger charge is -2.03. The predicted molar refractivity (Wildman–Crippen MR) is 91.2 cm³/mol. The molecule has 0 aliphatic carbocycles. The Morgan fingerprint density at radius 1 is 1.17 bits per heavy atom. The van der Waals surface area contributed by atoms with Crippen LogP contribution in [-0.2, 0) is 4.84 Å². The fraction of sp³-hybridized carbons (Fsp3) is 0.0588. The third kappa shape index (κ3) is 2.01. The molecule has 114 valence electrons. The van der Waals surface area contributed by atoms with E-state index in [4.69, 9.17) is 16.4 Å². The molecule has 4 rings (SSSR count). The Labute approximate surface area is 136 Å². The number of benzene rings is 2. The zero-order chi connectivity index (χ0) is 16.0. The van der Waals surface area contributed by atoms with Crippen molar-refractivity contribution >= 4 is 39.6 Å². The molecule has 0 saturated carbocycles. The first kappa shape index (κ1) is 13.8. The Morgan fingerprint density at radius 3 is 2.83 bits per heavy atom. The van der Waals surface area contributed by atoms with Gasteiger partial charge in [-0.25, -0.2) is 4.99 Å². The van der Waals surface area contributed by atoms with E-state index in [0.29, 0.717) is 27.5 Å². The van der Waals surface area contributed by atoms with Gasteiger partial charge >= 0.3 is 0 Å². The molecule has 0 spiro atoms. The second-order valence-corrected chi connectivity index (χ2v) is 5.52. The summed E-state index contributed by atoms with van der Waals surface area (Å²) in [6.45, 7) is 0. The van der Waals surface area contributed by atoms with Gasteiger partial charge in [-0.3, -0.25) is 0 Å². The fourth-order valence-electron chi connectivity index (χ4n) is 2.84. The van der Waals surface area contributed by atoms with E-state index in [2.05, 4.69) is 15.1 Å². The number of aromatic nitrogens is 1. The first-order valence-corrected chi connectivity index (χ1v) is 7.37. The van der Waals surface area contributed by atoms with Crippen molar-refractivity contribution in [2.45, 2.75) is 0 Å². The summed E-state index contributed by atoms with van der Waals surface area (Å²) in [5.41, 5.74) is 4.01. The van der Waals surface area contributed by atoms with Gasteiger partial charge in [0.15, 0.2) is 5.88 Å². The molecule has 0 amide bonds. The van der Waals surface area contributed by atoms with Crippen LogP contribution in [0, 0.1) is 0 Å². The molecule has 1 aliphatic rings.